The van der Waals surface area contributed by atoms with Crippen LogP contribution < -0.4 is 4.74 Å². The van der Waals surface area contributed by atoms with Crippen LogP contribution in [0.2, 0.25) is 0 Å². The maximum absolute atomic E-state index is 13.6. The highest BCUT2D eigenvalue weighted by atomic mass is 16.5. The lowest BCUT2D eigenvalue weighted by Gasteiger charge is -2.33. The molecule has 1 aliphatic rings. The summed E-state index contributed by atoms with van der Waals surface area (Å²) in [6.45, 7) is 4.74. The van der Waals surface area contributed by atoms with Crippen LogP contribution >= 0.6 is 0 Å². The number of amides is 1. The van der Waals surface area contributed by atoms with Gasteiger partial charge in [-0.05, 0) is 50.5 Å². The van der Waals surface area contributed by atoms with E-state index in [0.29, 0.717) is 0 Å². The Morgan fingerprint density at radius 1 is 1.10 bits per heavy atom. The zero-order valence-corrected chi connectivity index (χ0v) is 18.0. The topological polar surface area (TPSA) is 60.2 Å². The number of ether oxygens (including phenoxy) is 1. The molecule has 1 aromatic carbocycles. The second-order valence-corrected chi connectivity index (χ2v) is 8.38. The molecule has 4 rings (SSSR count). The second-order valence-electron chi connectivity index (χ2n) is 8.38. The summed E-state index contributed by atoms with van der Waals surface area (Å²) in [6, 6.07) is 11.9. The molecule has 1 atom stereocenters. The van der Waals surface area contributed by atoms with E-state index in [9.17, 15) is 4.79 Å². The Balaban J connectivity index is 1.55. The van der Waals surface area contributed by atoms with Crippen LogP contribution in [0, 0.1) is 0 Å². The lowest BCUT2D eigenvalue weighted by Crippen LogP contribution is -2.43. The molecule has 0 bridgehead atoms. The van der Waals surface area contributed by atoms with Crippen molar-refractivity contribution in [1.82, 2.24) is 19.7 Å². The number of benzene rings is 1. The number of rotatable bonds is 5. The number of methoxy groups -OCH3 is 1. The molecular weight excluding hydrogens is 376 g/mol. The van der Waals surface area contributed by atoms with Crippen molar-refractivity contribution in [1.29, 1.82) is 0 Å². The maximum Gasteiger partial charge on any atom is 0.233 e. The van der Waals surface area contributed by atoms with E-state index < -0.39 is 5.41 Å². The first-order chi connectivity index (χ1) is 14.4. The molecule has 0 N–H and O–H groups in total. The molecule has 6 nitrogen and oxygen atoms in total. The zero-order valence-electron chi connectivity index (χ0n) is 18.0. The van der Waals surface area contributed by atoms with Gasteiger partial charge in [-0.3, -0.25) is 14.5 Å². The predicted octanol–water partition coefficient (Wildman–Crippen LogP) is 4.13. The first-order valence-corrected chi connectivity index (χ1v) is 10.3. The van der Waals surface area contributed by atoms with Crippen molar-refractivity contribution in [3.63, 3.8) is 0 Å². The molecule has 0 radical (unpaired) electrons. The first-order valence-electron chi connectivity index (χ1n) is 10.3. The number of hydrogen-bond donors (Lipinski definition) is 0. The van der Waals surface area contributed by atoms with Crippen LogP contribution in [-0.2, 0) is 17.3 Å². The van der Waals surface area contributed by atoms with E-state index in [4.69, 9.17) is 9.72 Å². The number of aryl methyl sites for hydroxylation is 1. The van der Waals surface area contributed by atoms with Gasteiger partial charge >= 0.3 is 0 Å². The molecule has 0 aliphatic carbocycles. The van der Waals surface area contributed by atoms with Crippen LogP contribution in [0.15, 0.2) is 55.0 Å². The molecule has 1 saturated heterocycles. The van der Waals surface area contributed by atoms with E-state index in [2.05, 4.69) is 11.2 Å². The summed E-state index contributed by atoms with van der Waals surface area (Å²) in [5.41, 5.74) is 3.38. The normalized spacial score (nSPS) is 16.7. The maximum atomic E-state index is 13.6. The Hall–Kier alpha value is -3.15. The van der Waals surface area contributed by atoms with E-state index in [0.717, 1.165) is 47.5 Å². The summed E-state index contributed by atoms with van der Waals surface area (Å²) < 4.78 is 7.03. The monoisotopic (exact) mass is 404 g/mol. The molecule has 1 fully saturated rings. The van der Waals surface area contributed by atoms with Gasteiger partial charge in [-0.15, -0.1) is 0 Å². The molecule has 156 valence electrons. The van der Waals surface area contributed by atoms with Crippen LogP contribution in [-0.4, -0.2) is 39.2 Å². The van der Waals surface area contributed by atoms with Crippen LogP contribution in [0.4, 0.5) is 0 Å². The summed E-state index contributed by atoms with van der Waals surface area (Å²) in [5.74, 6) is 0.923. The van der Waals surface area contributed by atoms with Gasteiger partial charge in [-0.25, -0.2) is 0 Å². The van der Waals surface area contributed by atoms with Gasteiger partial charge in [0.1, 0.15) is 5.75 Å². The largest absolute Gasteiger partial charge is 0.497 e. The number of likely N-dealkylation sites (tertiary alicyclic amines) is 1. The summed E-state index contributed by atoms with van der Waals surface area (Å²) in [7, 11) is 3.55. The lowest BCUT2D eigenvalue weighted by atomic mass is 9.83. The fourth-order valence-corrected chi connectivity index (χ4v) is 4.15. The quantitative estimate of drug-likeness (QED) is 0.641. The molecule has 2 aromatic heterocycles. The minimum atomic E-state index is -0.621. The molecule has 30 heavy (non-hydrogen) atoms. The van der Waals surface area contributed by atoms with Gasteiger partial charge < -0.3 is 9.64 Å². The van der Waals surface area contributed by atoms with Crippen molar-refractivity contribution in [2.75, 3.05) is 13.7 Å². The van der Waals surface area contributed by atoms with Gasteiger partial charge in [0.05, 0.1) is 30.5 Å². The highest BCUT2D eigenvalue weighted by Crippen LogP contribution is 2.36. The third-order valence-electron chi connectivity index (χ3n) is 6.03. The number of nitrogens with zero attached hydrogens (tertiary/aromatic N) is 4. The van der Waals surface area contributed by atoms with Gasteiger partial charge in [-0.2, -0.15) is 5.10 Å². The molecule has 3 heterocycles. The van der Waals surface area contributed by atoms with Crippen molar-refractivity contribution in [3.05, 3.63) is 66.2 Å². The Bertz CT molecular complexity index is 1020. The van der Waals surface area contributed by atoms with Gasteiger partial charge in [0.15, 0.2) is 0 Å². The average Bonchev–Trinajstić information content (AvgIpc) is 3.42. The summed E-state index contributed by atoms with van der Waals surface area (Å²) >= 11 is 0. The number of carbonyl (C=O) groups excluding carboxylic acids is 1. The fourth-order valence-electron chi connectivity index (χ4n) is 4.15. The van der Waals surface area contributed by atoms with Crippen molar-refractivity contribution in [3.8, 4) is 16.9 Å². The number of hydrogen-bond acceptors (Lipinski definition) is 4. The number of aromatic nitrogens is 3. The standard InChI is InChI=1S/C24H28N4O2/c1-24(2,19-8-10-20(30-4)11-9-19)23(29)28-13-5-6-22(28)21-12-7-17(14-25-21)18-15-26-27(3)16-18/h7-12,14-16,22H,5-6,13H2,1-4H3/t22-/m1/s1. The van der Waals surface area contributed by atoms with Crippen molar-refractivity contribution in [2.45, 2.75) is 38.1 Å². The summed E-state index contributed by atoms with van der Waals surface area (Å²) in [4.78, 5) is 20.3. The van der Waals surface area contributed by atoms with Crippen molar-refractivity contribution < 1.29 is 9.53 Å². The SMILES string of the molecule is COc1ccc(C(C)(C)C(=O)N2CCC[C@@H]2c2ccc(-c3cnn(C)c3)cn2)cc1. The molecule has 1 aliphatic heterocycles. The smallest absolute Gasteiger partial charge is 0.233 e. The van der Waals surface area contributed by atoms with Gasteiger partial charge in [-0.1, -0.05) is 18.2 Å². The number of carbonyl (C=O) groups is 1. The molecule has 3 aromatic rings. The highest BCUT2D eigenvalue weighted by Gasteiger charge is 2.39. The molecule has 0 spiro atoms. The van der Waals surface area contributed by atoms with Crippen molar-refractivity contribution in [2.24, 2.45) is 7.05 Å². The molecule has 1 amide bonds. The van der Waals surface area contributed by atoms with E-state index >= 15 is 0 Å². The average molecular weight is 405 g/mol. The van der Waals surface area contributed by atoms with E-state index in [-0.39, 0.29) is 11.9 Å². The number of pyridine rings is 1. The van der Waals surface area contributed by atoms with Crippen LogP contribution in [0.25, 0.3) is 11.1 Å². The Kier molecular flexibility index (Phi) is 5.33. The van der Waals surface area contributed by atoms with E-state index in [1.165, 1.54) is 0 Å². The van der Waals surface area contributed by atoms with E-state index in [1.54, 1.807) is 11.8 Å². The molecule has 0 unspecified atom stereocenters. The predicted molar refractivity (Wildman–Crippen MR) is 116 cm³/mol. The third-order valence-corrected chi connectivity index (χ3v) is 6.03. The molecular formula is C24H28N4O2. The lowest BCUT2D eigenvalue weighted by molar-refractivity contribution is -0.137. The Morgan fingerprint density at radius 2 is 1.87 bits per heavy atom. The molecule has 6 heteroatoms. The van der Waals surface area contributed by atoms with Crippen molar-refractivity contribution >= 4 is 5.91 Å². The van der Waals surface area contributed by atoms with Gasteiger partial charge in [0, 0.05) is 37.1 Å². The van der Waals surface area contributed by atoms with Crippen LogP contribution in [0.3, 0.4) is 0 Å². The minimum absolute atomic E-state index is 0.0120. The molecule has 0 saturated carbocycles. The van der Waals surface area contributed by atoms with E-state index in [1.807, 2.05) is 74.7 Å². The van der Waals surface area contributed by atoms with Crippen LogP contribution in [0.1, 0.15) is 44.0 Å². The van der Waals surface area contributed by atoms with Gasteiger partial charge in [0.2, 0.25) is 5.91 Å². The summed E-state index contributed by atoms with van der Waals surface area (Å²) in [5, 5.41) is 4.22. The Morgan fingerprint density at radius 3 is 2.47 bits per heavy atom. The van der Waals surface area contributed by atoms with Crippen LogP contribution in [0.5, 0.6) is 5.75 Å². The Labute approximate surface area is 177 Å². The fraction of sp³-hybridized carbons (Fsp3) is 0.375. The second kappa shape index (κ2) is 7.94. The third kappa shape index (κ3) is 3.70. The van der Waals surface area contributed by atoms with Gasteiger partial charge in [0.25, 0.3) is 0 Å². The zero-order chi connectivity index (χ0) is 21.3. The summed E-state index contributed by atoms with van der Waals surface area (Å²) in [6.07, 6.45) is 7.60. The highest BCUT2D eigenvalue weighted by molar-refractivity contribution is 5.88. The first kappa shape index (κ1) is 20.1. The minimum Gasteiger partial charge on any atom is -0.497 e.